The first-order valence-electron chi connectivity index (χ1n) is 11.4. The van der Waals surface area contributed by atoms with Crippen molar-refractivity contribution in [3.63, 3.8) is 0 Å². The molecule has 0 spiro atoms. The minimum absolute atomic E-state index is 0.197. The maximum Gasteiger partial charge on any atom is 0.343 e. The first kappa shape index (κ1) is 24.2. The van der Waals surface area contributed by atoms with E-state index in [4.69, 9.17) is 18.9 Å². The molecule has 0 aliphatic carbocycles. The van der Waals surface area contributed by atoms with Crippen molar-refractivity contribution in [2.75, 3.05) is 33.0 Å². The molecular weight excluding hydrogens is 408 g/mol. The maximum absolute atomic E-state index is 12.4. The average molecular weight is 443 g/mol. The molecule has 1 aliphatic rings. The van der Waals surface area contributed by atoms with Gasteiger partial charge < -0.3 is 24.1 Å². The predicted octanol–water partition coefficient (Wildman–Crippen LogP) is 4.95. The van der Waals surface area contributed by atoms with Crippen molar-refractivity contribution in [3.05, 3.63) is 59.7 Å². The predicted molar refractivity (Wildman–Crippen MR) is 122 cm³/mol. The van der Waals surface area contributed by atoms with Gasteiger partial charge in [0.25, 0.3) is 0 Å². The molecule has 1 fully saturated rings. The third-order valence-electron chi connectivity index (χ3n) is 5.43. The topological polar surface area (TPSA) is 74.2 Å². The first-order chi connectivity index (χ1) is 15.5. The summed E-state index contributed by atoms with van der Waals surface area (Å²) in [5, 5.41) is 10.0. The van der Waals surface area contributed by atoms with E-state index >= 15 is 0 Å². The molecular formula is C26H34O6. The Hall–Kier alpha value is -2.41. The van der Waals surface area contributed by atoms with Crippen LogP contribution in [-0.4, -0.2) is 44.1 Å². The van der Waals surface area contributed by atoms with Crippen LogP contribution in [0.3, 0.4) is 0 Å². The van der Waals surface area contributed by atoms with Gasteiger partial charge in [0, 0.05) is 12.0 Å². The first-order valence-corrected chi connectivity index (χ1v) is 11.4. The summed E-state index contributed by atoms with van der Waals surface area (Å²) in [7, 11) is 0. The smallest absolute Gasteiger partial charge is 0.343 e. The number of hydrogen-bond donors (Lipinski definition) is 1. The maximum atomic E-state index is 12.4. The van der Waals surface area contributed by atoms with Crippen LogP contribution in [0.2, 0.25) is 0 Å². The highest BCUT2D eigenvalue weighted by Crippen LogP contribution is 2.26. The SMILES string of the molecule is CCCC(O)c1ccc(C(=O)Oc2ccc(OCCCCOCC3(C)COC3)cc2)cc1. The zero-order valence-electron chi connectivity index (χ0n) is 19.0. The van der Waals surface area contributed by atoms with Crippen molar-refractivity contribution >= 4 is 5.97 Å². The Labute approximate surface area is 190 Å². The fourth-order valence-electron chi connectivity index (χ4n) is 3.40. The lowest BCUT2D eigenvalue weighted by Crippen LogP contribution is -2.43. The highest BCUT2D eigenvalue weighted by atomic mass is 16.5. The molecule has 1 atom stereocenters. The third-order valence-corrected chi connectivity index (χ3v) is 5.43. The Morgan fingerprint density at radius 1 is 1.03 bits per heavy atom. The largest absolute Gasteiger partial charge is 0.494 e. The Morgan fingerprint density at radius 3 is 2.31 bits per heavy atom. The lowest BCUT2D eigenvalue weighted by atomic mass is 9.90. The summed E-state index contributed by atoms with van der Waals surface area (Å²) in [6, 6.07) is 13.9. The quantitative estimate of drug-likeness (QED) is 0.269. The fourth-order valence-corrected chi connectivity index (χ4v) is 3.40. The zero-order chi connectivity index (χ0) is 22.8. The van der Waals surface area contributed by atoms with Crippen LogP contribution in [0.25, 0.3) is 0 Å². The minimum Gasteiger partial charge on any atom is -0.494 e. The molecule has 2 aromatic carbocycles. The molecule has 174 valence electrons. The van der Waals surface area contributed by atoms with Gasteiger partial charge in [-0.05, 0) is 61.2 Å². The molecule has 32 heavy (non-hydrogen) atoms. The number of esters is 1. The monoisotopic (exact) mass is 442 g/mol. The lowest BCUT2D eigenvalue weighted by Gasteiger charge is -2.37. The van der Waals surface area contributed by atoms with Crippen molar-refractivity contribution in [1.29, 1.82) is 0 Å². The van der Waals surface area contributed by atoms with Gasteiger partial charge in [-0.2, -0.15) is 0 Å². The molecule has 0 amide bonds. The zero-order valence-corrected chi connectivity index (χ0v) is 19.0. The van der Waals surface area contributed by atoms with Crippen LogP contribution in [0.5, 0.6) is 11.5 Å². The Bertz CT molecular complexity index is 826. The number of benzene rings is 2. The van der Waals surface area contributed by atoms with E-state index in [9.17, 15) is 9.90 Å². The number of unbranched alkanes of at least 4 members (excludes halogenated alkanes) is 1. The van der Waals surface area contributed by atoms with Crippen LogP contribution in [0.15, 0.2) is 48.5 Å². The number of aliphatic hydroxyl groups excluding tert-OH is 1. The van der Waals surface area contributed by atoms with Crippen molar-refractivity contribution in [2.45, 2.75) is 45.6 Å². The van der Waals surface area contributed by atoms with E-state index in [2.05, 4.69) is 6.92 Å². The van der Waals surface area contributed by atoms with Gasteiger partial charge in [0.05, 0.1) is 38.1 Å². The summed E-state index contributed by atoms with van der Waals surface area (Å²) in [6.07, 6.45) is 2.94. The molecule has 6 heteroatoms. The molecule has 6 nitrogen and oxygen atoms in total. The molecule has 2 aromatic rings. The van der Waals surface area contributed by atoms with Crippen LogP contribution in [0.1, 0.15) is 61.6 Å². The number of carbonyl (C=O) groups excluding carboxylic acids is 1. The molecule has 0 aromatic heterocycles. The number of ether oxygens (including phenoxy) is 4. The molecule has 0 radical (unpaired) electrons. The van der Waals surface area contributed by atoms with E-state index in [1.807, 2.05) is 6.92 Å². The number of hydrogen-bond acceptors (Lipinski definition) is 6. The Balaban J connectivity index is 1.34. The second-order valence-electron chi connectivity index (χ2n) is 8.70. The highest BCUT2D eigenvalue weighted by molar-refractivity contribution is 5.91. The summed E-state index contributed by atoms with van der Waals surface area (Å²) >= 11 is 0. The van der Waals surface area contributed by atoms with Gasteiger partial charge >= 0.3 is 5.97 Å². The van der Waals surface area contributed by atoms with Gasteiger partial charge in [-0.1, -0.05) is 32.4 Å². The highest BCUT2D eigenvalue weighted by Gasteiger charge is 2.33. The molecule has 3 rings (SSSR count). The second-order valence-corrected chi connectivity index (χ2v) is 8.70. The van der Waals surface area contributed by atoms with Crippen LogP contribution >= 0.6 is 0 Å². The summed E-state index contributed by atoms with van der Waals surface area (Å²) < 4.78 is 22.1. The minimum atomic E-state index is -0.504. The summed E-state index contributed by atoms with van der Waals surface area (Å²) in [4.78, 5) is 12.4. The van der Waals surface area contributed by atoms with Gasteiger partial charge in [0.15, 0.2) is 0 Å². The summed E-state index contributed by atoms with van der Waals surface area (Å²) in [5.41, 5.74) is 1.44. The molecule has 1 heterocycles. The van der Waals surface area contributed by atoms with Gasteiger partial charge in [0.1, 0.15) is 11.5 Å². The van der Waals surface area contributed by atoms with E-state index in [-0.39, 0.29) is 5.41 Å². The summed E-state index contributed by atoms with van der Waals surface area (Å²) in [5.74, 6) is 0.760. The van der Waals surface area contributed by atoms with E-state index in [0.717, 1.165) is 57.0 Å². The number of aliphatic hydroxyl groups is 1. The fraction of sp³-hybridized carbons (Fsp3) is 0.500. The molecule has 1 saturated heterocycles. The molecule has 1 unspecified atom stereocenters. The van der Waals surface area contributed by atoms with Gasteiger partial charge in [-0.25, -0.2) is 4.79 Å². The normalized spacial score (nSPS) is 15.6. The van der Waals surface area contributed by atoms with Crippen molar-refractivity contribution in [1.82, 2.24) is 0 Å². The van der Waals surface area contributed by atoms with Gasteiger partial charge in [-0.3, -0.25) is 0 Å². The standard InChI is InChI=1S/C26H34O6/c1-3-6-24(27)20-7-9-21(10-8-20)25(28)32-23-13-11-22(12-14-23)31-16-5-4-15-29-17-26(2)18-30-19-26/h7-14,24,27H,3-6,15-19H2,1-2H3. The van der Waals surface area contributed by atoms with Gasteiger partial charge in [0.2, 0.25) is 0 Å². The molecule has 0 bridgehead atoms. The second kappa shape index (κ2) is 12.0. The summed E-state index contributed by atoms with van der Waals surface area (Å²) in [6.45, 7) is 7.86. The molecule has 1 aliphatic heterocycles. The Kier molecular flexibility index (Phi) is 9.09. The van der Waals surface area contributed by atoms with Crippen molar-refractivity contribution < 1.29 is 28.8 Å². The van der Waals surface area contributed by atoms with E-state index in [0.29, 0.717) is 24.3 Å². The van der Waals surface area contributed by atoms with Crippen molar-refractivity contribution in [2.24, 2.45) is 5.41 Å². The third kappa shape index (κ3) is 7.33. The van der Waals surface area contributed by atoms with E-state index in [1.54, 1.807) is 48.5 Å². The number of carbonyl (C=O) groups is 1. The van der Waals surface area contributed by atoms with Gasteiger partial charge in [-0.15, -0.1) is 0 Å². The number of rotatable bonds is 13. The van der Waals surface area contributed by atoms with Crippen LogP contribution in [0.4, 0.5) is 0 Å². The molecule has 0 saturated carbocycles. The van der Waals surface area contributed by atoms with E-state index < -0.39 is 12.1 Å². The van der Waals surface area contributed by atoms with Crippen LogP contribution in [0, 0.1) is 5.41 Å². The Morgan fingerprint density at radius 2 is 1.69 bits per heavy atom. The van der Waals surface area contributed by atoms with Crippen molar-refractivity contribution in [3.8, 4) is 11.5 Å². The lowest BCUT2D eigenvalue weighted by molar-refractivity contribution is -0.138. The average Bonchev–Trinajstić information content (AvgIpc) is 2.78. The molecule has 1 N–H and O–H groups in total. The van der Waals surface area contributed by atoms with E-state index in [1.165, 1.54) is 0 Å². The van der Waals surface area contributed by atoms with Crippen LogP contribution < -0.4 is 9.47 Å². The van der Waals surface area contributed by atoms with Crippen LogP contribution in [-0.2, 0) is 9.47 Å².